The van der Waals surface area contributed by atoms with E-state index in [-0.39, 0.29) is 62.0 Å². The Morgan fingerprint density at radius 2 is 1.00 bits per heavy atom. The molecule has 0 radical (unpaired) electrons. The Kier molecular flexibility index (Phi) is 27.1. The van der Waals surface area contributed by atoms with Crippen LogP contribution in [-0.4, -0.2) is 14.7 Å². The van der Waals surface area contributed by atoms with Crippen molar-refractivity contribution in [3.05, 3.63) is 0 Å². The minimum atomic E-state index is -2.62. The number of rotatable bonds is 0. The monoisotopic (exact) mass is 130 g/mol. The quantitative estimate of drug-likeness (QED) is 0.225. The van der Waals surface area contributed by atoms with Gasteiger partial charge in [-0.15, -0.1) is 0 Å². The van der Waals surface area contributed by atoms with Gasteiger partial charge in [0.05, 0.1) is 0 Å². The van der Waals surface area contributed by atoms with Crippen molar-refractivity contribution in [2.24, 2.45) is 0 Å². The molecule has 0 unspecified atom stereocenters. The summed E-state index contributed by atoms with van der Waals surface area (Å²) in [5.41, 5.74) is 0. The maximum atomic E-state index is 7.23. The molecule has 0 saturated carbocycles. The van der Waals surface area contributed by atoms with E-state index < -0.39 is 8.60 Å². The summed E-state index contributed by atoms with van der Waals surface area (Å²) in [4.78, 5) is 21.7. The average molecular weight is 130 g/mol. The fourth-order valence-corrected chi connectivity index (χ4v) is 0. The van der Waals surface area contributed by atoms with Crippen molar-refractivity contribution in [3.8, 4) is 0 Å². The Morgan fingerprint density at radius 1 is 1.00 bits per heavy atom. The molecule has 0 amide bonds. The predicted molar refractivity (Wildman–Crippen MR) is 15.8 cm³/mol. The van der Waals surface area contributed by atoms with Crippen LogP contribution in [0.25, 0.3) is 0 Å². The predicted octanol–water partition coefficient (Wildman–Crippen LogP) is -6.58. The first-order valence-corrected chi connectivity index (χ1v) is 1.80. The normalized spacial score (nSPS) is 6.00. The van der Waals surface area contributed by atoms with Gasteiger partial charge in [0.15, 0.2) is 0 Å². The zero-order valence-electron chi connectivity index (χ0n) is 5.79. The number of hydrogen-bond acceptors (Lipinski definition) is 3. The summed E-state index contributed by atoms with van der Waals surface area (Å²) in [6, 6.07) is 0. The van der Waals surface area contributed by atoms with E-state index in [2.05, 4.69) is 0 Å². The molecule has 0 bridgehead atoms. The molecule has 0 aliphatic rings. The standard InChI is InChI=1S/2Na.H3O3P.2H/c;;1-4(2)3;;/h;;1-3H;;/q2*+1;;2*-1. The van der Waals surface area contributed by atoms with Gasteiger partial charge in [0, 0.05) is 0 Å². The van der Waals surface area contributed by atoms with Gasteiger partial charge in [0.1, 0.15) is 0 Å². The van der Waals surface area contributed by atoms with E-state index in [0.29, 0.717) is 0 Å². The van der Waals surface area contributed by atoms with Crippen molar-refractivity contribution in [3.63, 3.8) is 0 Å². The Hall–Kier alpha value is 2.31. The van der Waals surface area contributed by atoms with Crippen LogP contribution in [0.3, 0.4) is 0 Å². The molecule has 3 N–H and O–H groups in total. The zero-order valence-corrected chi connectivity index (χ0v) is 8.68. The molecule has 0 aromatic carbocycles. The Bertz CT molecular complexity index is 20.0. The maximum Gasteiger partial charge on any atom is 1.00 e. The molecule has 30 valence electrons. The van der Waals surface area contributed by atoms with Crippen LogP contribution in [0.2, 0.25) is 0 Å². The Labute approximate surface area is 84.3 Å². The molecule has 6 heteroatoms. The Morgan fingerprint density at radius 3 is 1.00 bits per heavy atom. The van der Waals surface area contributed by atoms with E-state index in [0.717, 1.165) is 0 Å². The van der Waals surface area contributed by atoms with Crippen LogP contribution in [0.15, 0.2) is 0 Å². The van der Waals surface area contributed by atoms with E-state index in [1.807, 2.05) is 0 Å². The van der Waals surface area contributed by atoms with Crippen LogP contribution in [0.4, 0.5) is 0 Å². The third kappa shape index (κ3) is 33.3. The molecular weight excluding hydrogens is 125 g/mol. The molecule has 0 rings (SSSR count). The largest absolute Gasteiger partial charge is 1.00 e. The SMILES string of the molecule is OP(O)O.[H-].[H-].[Na+].[Na+]. The van der Waals surface area contributed by atoms with Gasteiger partial charge in [-0.25, -0.2) is 0 Å². The third-order valence-electron chi connectivity index (χ3n) is 0. The van der Waals surface area contributed by atoms with E-state index >= 15 is 0 Å². The summed E-state index contributed by atoms with van der Waals surface area (Å²) < 4.78 is 0. The van der Waals surface area contributed by atoms with Gasteiger partial charge in [-0.2, -0.15) is 0 Å². The number of hydrogen-bond donors (Lipinski definition) is 3. The van der Waals surface area contributed by atoms with Gasteiger partial charge in [0.2, 0.25) is 0 Å². The van der Waals surface area contributed by atoms with Gasteiger partial charge in [-0.05, 0) is 0 Å². The molecule has 0 heterocycles. The van der Waals surface area contributed by atoms with Crippen molar-refractivity contribution in [2.75, 3.05) is 0 Å². The fraction of sp³-hybridized carbons (Fsp3) is 0. The maximum absolute atomic E-state index is 7.23. The van der Waals surface area contributed by atoms with Crippen LogP contribution in [-0.2, 0) is 0 Å². The molecule has 3 nitrogen and oxygen atoms in total. The van der Waals surface area contributed by atoms with Crippen molar-refractivity contribution in [1.29, 1.82) is 0 Å². The molecule has 0 saturated heterocycles. The van der Waals surface area contributed by atoms with E-state index in [1.165, 1.54) is 0 Å². The van der Waals surface area contributed by atoms with Crippen LogP contribution in [0.5, 0.6) is 0 Å². The second-order valence-electron chi connectivity index (χ2n) is 0.268. The van der Waals surface area contributed by atoms with E-state index in [1.54, 1.807) is 0 Å². The first-order chi connectivity index (χ1) is 1.73. The second-order valence-corrected chi connectivity index (χ2v) is 0.805. The molecule has 6 heavy (non-hydrogen) atoms. The topological polar surface area (TPSA) is 60.7 Å². The molecule has 0 spiro atoms. The van der Waals surface area contributed by atoms with Gasteiger partial charge in [-0.3, -0.25) is 0 Å². The van der Waals surface area contributed by atoms with Gasteiger partial charge >= 0.3 is 67.7 Å². The van der Waals surface area contributed by atoms with Crippen molar-refractivity contribution in [2.45, 2.75) is 0 Å². The molecule has 0 atom stereocenters. The first-order valence-electron chi connectivity index (χ1n) is 0.600. The van der Waals surface area contributed by atoms with E-state index in [4.69, 9.17) is 14.7 Å². The summed E-state index contributed by atoms with van der Waals surface area (Å²) in [6.45, 7) is 0. The minimum Gasteiger partial charge on any atom is -1.00 e. The van der Waals surface area contributed by atoms with Crippen molar-refractivity contribution in [1.82, 2.24) is 0 Å². The molecule has 0 fully saturated rings. The van der Waals surface area contributed by atoms with Crippen molar-refractivity contribution >= 4 is 8.60 Å². The Balaban J connectivity index is -0.00000000750. The van der Waals surface area contributed by atoms with Crippen LogP contribution < -0.4 is 59.1 Å². The molecule has 0 aliphatic heterocycles. The summed E-state index contributed by atoms with van der Waals surface area (Å²) in [6.07, 6.45) is 0. The summed E-state index contributed by atoms with van der Waals surface area (Å²) >= 11 is 0. The minimum absolute atomic E-state index is 0. The second kappa shape index (κ2) is 10.3. The van der Waals surface area contributed by atoms with Gasteiger partial charge < -0.3 is 17.5 Å². The van der Waals surface area contributed by atoms with Crippen LogP contribution in [0.1, 0.15) is 2.85 Å². The molecule has 0 aromatic heterocycles. The summed E-state index contributed by atoms with van der Waals surface area (Å²) in [7, 11) is -2.62. The molecule has 0 aliphatic carbocycles. The van der Waals surface area contributed by atoms with Crippen molar-refractivity contribution < 1.29 is 76.6 Å². The van der Waals surface area contributed by atoms with Gasteiger partial charge in [0.25, 0.3) is 0 Å². The third-order valence-corrected chi connectivity index (χ3v) is 0. The fourth-order valence-electron chi connectivity index (χ4n) is 0. The summed E-state index contributed by atoms with van der Waals surface area (Å²) in [5.74, 6) is 0. The smallest absolute Gasteiger partial charge is 1.00 e. The molecule has 0 aromatic rings. The summed E-state index contributed by atoms with van der Waals surface area (Å²) in [5, 5.41) is 0. The van der Waals surface area contributed by atoms with E-state index in [9.17, 15) is 0 Å². The zero-order chi connectivity index (χ0) is 3.58. The van der Waals surface area contributed by atoms with Gasteiger partial charge in [-0.1, -0.05) is 0 Å². The van der Waals surface area contributed by atoms with Crippen LogP contribution in [0, 0.1) is 0 Å². The average Bonchev–Trinajstić information content (AvgIpc) is 0.811. The van der Waals surface area contributed by atoms with Crippen LogP contribution >= 0.6 is 8.60 Å². The first kappa shape index (κ1) is 15.7. The molecular formula is H5Na2O3P.